The highest BCUT2D eigenvalue weighted by molar-refractivity contribution is 7.89. The summed E-state index contributed by atoms with van der Waals surface area (Å²) in [5, 5.41) is 9.40. The Morgan fingerprint density at radius 1 is 1.26 bits per heavy atom. The average Bonchev–Trinajstić information content (AvgIpc) is 2.92. The van der Waals surface area contributed by atoms with Crippen molar-refractivity contribution >= 4 is 15.7 Å². The normalized spacial score (nSPS) is 13.2. The highest BCUT2D eigenvalue weighted by Crippen LogP contribution is 2.17. The molecule has 0 radical (unpaired) electrons. The van der Waals surface area contributed by atoms with Crippen LogP contribution in [0.5, 0.6) is 0 Å². The van der Waals surface area contributed by atoms with Crippen LogP contribution in [0.25, 0.3) is 0 Å². The quantitative estimate of drug-likeness (QED) is 0.774. The van der Waals surface area contributed by atoms with Crippen molar-refractivity contribution in [1.82, 2.24) is 14.9 Å². The van der Waals surface area contributed by atoms with E-state index >= 15 is 0 Å². The number of hydrogen-bond acceptors (Lipinski definition) is 4. The van der Waals surface area contributed by atoms with Crippen molar-refractivity contribution in [3.63, 3.8) is 0 Å². The summed E-state index contributed by atoms with van der Waals surface area (Å²) in [6.07, 6.45) is 3.26. The standard InChI is InChI=1S/C12H16N4O2S/c1-9(10-7-14-15-8-10)16-19(17,18)12-5-3-11(13-2)4-6-12/h3-9,13,16H,1-2H3,(H,14,15). The van der Waals surface area contributed by atoms with E-state index < -0.39 is 10.0 Å². The van der Waals surface area contributed by atoms with Crippen LogP contribution in [0.4, 0.5) is 5.69 Å². The van der Waals surface area contributed by atoms with E-state index in [1.54, 1.807) is 50.6 Å². The molecule has 0 fully saturated rings. The Morgan fingerprint density at radius 3 is 2.47 bits per heavy atom. The predicted octanol–water partition coefficient (Wildman–Crippen LogP) is 1.49. The molecule has 19 heavy (non-hydrogen) atoms. The molecule has 1 aromatic carbocycles. The van der Waals surface area contributed by atoms with E-state index in [9.17, 15) is 8.42 Å². The third-order valence-corrected chi connectivity index (χ3v) is 4.36. The minimum Gasteiger partial charge on any atom is -0.388 e. The van der Waals surface area contributed by atoms with Gasteiger partial charge in [-0.3, -0.25) is 5.10 Å². The highest BCUT2D eigenvalue weighted by Gasteiger charge is 2.18. The van der Waals surface area contributed by atoms with Crippen LogP contribution in [-0.4, -0.2) is 25.7 Å². The first-order valence-electron chi connectivity index (χ1n) is 5.82. The van der Waals surface area contributed by atoms with Gasteiger partial charge in [0.05, 0.1) is 11.1 Å². The van der Waals surface area contributed by atoms with Gasteiger partial charge in [0.2, 0.25) is 10.0 Å². The van der Waals surface area contributed by atoms with Crippen molar-refractivity contribution in [3.05, 3.63) is 42.2 Å². The lowest BCUT2D eigenvalue weighted by Crippen LogP contribution is -2.26. The van der Waals surface area contributed by atoms with Crippen molar-refractivity contribution < 1.29 is 8.42 Å². The van der Waals surface area contributed by atoms with Crippen LogP contribution in [0.3, 0.4) is 0 Å². The second-order valence-corrected chi connectivity index (χ2v) is 5.86. The molecule has 1 heterocycles. The van der Waals surface area contributed by atoms with Gasteiger partial charge in [-0.2, -0.15) is 5.10 Å². The lowest BCUT2D eigenvalue weighted by molar-refractivity contribution is 0.567. The molecule has 0 saturated carbocycles. The second kappa shape index (κ2) is 5.41. The Labute approximate surface area is 112 Å². The van der Waals surface area contributed by atoms with Crippen molar-refractivity contribution in [2.75, 3.05) is 12.4 Å². The fraction of sp³-hybridized carbons (Fsp3) is 0.250. The number of rotatable bonds is 5. The van der Waals surface area contributed by atoms with Gasteiger partial charge in [-0.25, -0.2) is 13.1 Å². The fourth-order valence-corrected chi connectivity index (χ4v) is 2.90. The van der Waals surface area contributed by atoms with Gasteiger partial charge in [-0.05, 0) is 31.2 Å². The molecule has 102 valence electrons. The van der Waals surface area contributed by atoms with Crippen molar-refractivity contribution in [3.8, 4) is 0 Å². The molecule has 3 N–H and O–H groups in total. The molecule has 2 rings (SSSR count). The van der Waals surface area contributed by atoms with Gasteiger partial charge in [0.15, 0.2) is 0 Å². The number of hydrogen-bond donors (Lipinski definition) is 3. The molecule has 1 unspecified atom stereocenters. The van der Waals surface area contributed by atoms with E-state index in [1.807, 2.05) is 0 Å². The van der Waals surface area contributed by atoms with Gasteiger partial charge < -0.3 is 5.32 Å². The molecule has 0 aliphatic heterocycles. The maximum Gasteiger partial charge on any atom is 0.241 e. The molecule has 0 saturated heterocycles. The lowest BCUT2D eigenvalue weighted by Gasteiger charge is -2.13. The van der Waals surface area contributed by atoms with E-state index in [0.29, 0.717) is 0 Å². The number of aromatic nitrogens is 2. The zero-order valence-electron chi connectivity index (χ0n) is 10.7. The predicted molar refractivity (Wildman–Crippen MR) is 73.3 cm³/mol. The zero-order chi connectivity index (χ0) is 13.9. The van der Waals surface area contributed by atoms with E-state index in [1.165, 1.54) is 0 Å². The third-order valence-electron chi connectivity index (χ3n) is 2.80. The maximum atomic E-state index is 12.2. The maximum absolute atomic E-state index is 12.2. The van der Waals surface area contributed by atoms with Gasteiger partial charge in [0, 0.05) is 30.5 Å². The Hall–Kier alpha value is -1.86. The number of nitrogens with zero attached hydrogens (tertiary/aromatic N) is 1. The molecule has 0 amide bonds. The van der Waals surface area contributed by atoms with Crippen LogP contribution in [0, 0.1) is 0 Å². The van der Waals surface area contributed by atoms with Crippen LogP contribution in [-0.2, 0) is 10.0 Å². The monoisotopic (exact) mass is 280 g/mol. The minimum absolute atomic E-state index is 0.238. The van der Waals surface area contributed by atoms with Crippen molar-refractivity contribution in [1.29, 1.82) is 0 Å². The second-order valence-electron chi connectivity index (χ2n) is 4.15. The lowest BCUT2D eigenvalue weighted by atomic mass is 10.2. The summed E-state index contributed by atoms with van der Waals surface area (Å²) in [4.78, 5) is 0.238. The average molecular weight is 280 g/mol. The molecule has 0 bridgehead atoms. The minimum atomic E-state index is -3.53. The summed E-state index contributed by atoms with van der Waals surface area (Å²) >= 11 is 0. The Kier molecular flexibility index (Phi) is 3.87. The van der Waals surface area contributed by atoms with Crippen LogP contribution in [0.15, 0.2) is 41.6 Å². The van der Waals surface area contributed by atoms with Crippen LogP contribution in [0.1, 0.15) is 18.5 Å². The molecule has 1 aromatic heterocycles. The van der Waals surface area contributed by atoms with Gasteiger partial charge in [0.25, 0.3) is 0 Å². The van der Waals surface area contributed by atoms with Crippen LogP contribution in [0.2, 0.25) is 0 Å². The SMILES string of the molecule is CNc1ccc(S(=O)(=O)NC(C)c2cn[nH]c2)cc1. The summed E-state index contributed by atoms with van der Waals surface area (Å²) in [5.74, 6) is 0. The topological polar surface area (TPSA) is 86.9 Å². The molecular formula is C12H16N4O2S. The first-order valence-corrected chi connectivity index (χ1v) is 7.30. The highest BCUT2D eigenvalue weighted by atomic mass is 32.2. The molecular weight excluding hydrogens is 264 g/mol. The zero-order valence-corrected chi connectivity index (χ0v) is 11.5. The largest absolute Gasteiger partial charge is 0.388 e. The van der Waals surface area contributed by atoms with E-state index in [-0.39, 0.29) is 10.9 Å². The molecule has 2 aromatic rings. The molecule has 7 heteroatoms. The molecule has 0 aliphatic rings. The fourth-order valence-electron chi connectivity index (χ4n) is 1.67. The summed E-state index contributed by atoms with van der Waals surface area (Å²) in [7, 11) is -1.75. The number of anilines is 1. The summed E-state index contributed by atoms with van der Waals surface area (Å²) < 4.78 is 27.0. The third kappa shape index (κ3) is 3.12. The number of H-pyrrole nitrogens is 1. The first kappa shape index (κ1) is 13.6. The molecule has 6 nitrogen and oxygen atoms in total. The van der Waals surface area contributed by atoms with Crippen molar-refractivity contribution in [2.45, 2.75) is 17.9 Å². The smallest absolute Gasteiger partial charge is 0.241 e. The number of nitrogens with one attached hydrogen (secondary N) is 3. The number of benzene rings is 1. The number of sulfonamides is 1. The summed E-state index contributed by atoms with van der Waals surface area (Å²) in [6, 6.07) is 6.23. The van der Waals surface area contributed by atoms with Gasteiger partial charge in [-0.15, -0.1) is 0 Å². The molecule has 1 atom stereocenters. The Morgan fingerprint density at radius 2 is 1.95 bits per heavy atom. The molecule has 0 spiro atoms. The Bertz CT molecular complexity index is 620. The first-order chi connectivity index (χ1) is 9.03. The van der Waals surface area contributed by atoms with E-state index in [0.717, 1.165) is 11.3 Å². The van der Waals surface area contributed by atoms with Crippen LogP contribution < -0.4 is 10.0 Å². The van der Waals surface area contributed by atoms with E-state index in [2.05, 4.69) is 20.2 Å². The van der Waals surface area contributed by atoms with Gasteiger partial charge >= 0.3 is 0 Å². The Balaban J connectivity index is 2.17. The number of aromatic amines is 1. The summed E-state index contributed by atoms with van der Waals surface area (Å²) in [5.41, 5.74) is 1.65. The van der Waals surface area contributed by atoms with Gasteiger partial charge in [0.1, 0.15) is 0 Å². The van der Waals surface area contributed by atoms with E-state index in [4.69, 9.17) is 0 Å². The molecule has 0 aliphatic carbocycles. The van der Waals surface area contributed by atoms with Gasteiger partial charge in [-0.1, -0.05) is 0 Å². The summed E-state index contributed by atoms with van der Waals surface area (Å²) in [6.45, 7) is 1.77. The van der Waals surface area contributed by atoms with Crippen molar-refractivity contribution in [2.24, 2.45) is 0 Å². The van der Waals surface area contributed by atoms with Crippen LogP contribution >= 0.6 is 0 Å².